The fraction of sp³-hybridized carbons (Fsp3) is 0.250. The lowest BCUT2D eigenvalue weighted by molar-refractivity contribution is 0.0708. The van der Waals surface area contributed by atoms with E-state index in [4.69, 9.17) is 23.2 Å². The summed E-state index contributed by atoms with van der Waals surface area (Å²) >= 11 is 12.1. The number of nitrogens with zero attached hydrogens (tertiary/aromatic N) is 1. The van der Waals surface area contributed by atoms with Crippen LogP contribution in [-0.4, -0.2) is 28.9 Å². The number of nitrogens with one attached hydrogen (secondary N) is 1. The molecule has 0 aliphatic carbocycles. The molecule has 3 nitrogen and oxygen atoms in total. The van der Waals surface area contributed by atoms with Gasteiger partial charge in [-0.2, -0.15) is 0 Å². The number of fused-ring (bicyclic) bond motifs is 1. The van der Waals surface area contributed by atoms with E-state index in [1.54, 1.807) is 0 Å². The van der Waals surface area contributed by atoms with Crippen LogP contribution >= 0.6 is 23.2 Å². The second-order valence-electron chi connectivity index (χ2n) is 6.54. The minimum absolute atomic E-state index is 0.0527. The molecule has 1 amide bonds. The van der Waals surface area contributed by atoms with Gasteiger partial charge in [-0.3, -0.25) is 4.79 Å². The molecule has 128 valence electrons. The Morgan fingerprint density at radius 2 is 1.76 bits per heavy atom. The number of H-pyrrole nitrogens is 1. The Bertz CT molecular complexity index is 926. The number of carbonyl (C=O) groups excluding carboxylic acids is 1. The zero-order valence-electron chi connectivity index (χ0n) is 13.6. The third-order valence-corrected chi connectivity index (χ3v) is 5.39. The van der Waals surface area contributed by atoms with Crippen molar-refractivity contribution in [3.63, 3.8) is 0 Å². The summed E-state index contributed by atoms with van der Waals surface area (Å²) in [6.45, 7) is 1.51. The largest absolute Gasteiger partial charge is 0.351 e. The fourth-order valence-electron chi connectivity index (χ4n) is 3.57. The second kappa shape index (κ2) is 6.74. The molecule has 4 rings (SSSR count). The van der Waals surface area contributed by atoms with Crippen LogP contribution in [0.2, 0.25) is 10.0 Å². The third-order valence-electron chi connectivity index (χ3n) is 4.92. The number of hydrogen-bond donors (Lipinski definition) is 1. The molecule has 3 aromatic rings. The SMILES string of the molecule is O=C(c1cc2cc(Cl)ccc2[nH]1)N1CCC(c2cccc(Cl)c2)CC1. The molecule has 1 aliphatic heterocycles. The average molecular weight is 373 g/mol. The van der Waals surface area contributed by atoms with Crippen LogP contribution in [0.3, 0.4) is 0 Å². The molecule has 2 aromatic carbocycles. The highest BCUT2D eigenvalue weighted by Gasteiger charge is 2.25. The second-order valence-corrected chi connectivity index (χ2v) is 7.41. The molecule has 1 fully saturated rings. The maximum absolute atomic E-state index is 12.8. The number of amides is 1. The summed E-state index contributed by atoms with van der Waals surface area (Å²) in [6.07, 6.45) is 1.91. The summed E-state index contributed by atoms with van der Waals surface area (Å²) in [5.74, 6) is 0.515. The van der Waals surface area contributed by atoms with Gasteiger partial charge in [-0.25, -0.2) is 0 Å². The van der Waals surface area contributed by atoms with Crippen LogP contribution in [0, 0.1) is 0 Å². The van der Waals surface area contributed by atoms with Crippen molar-refractivity contribution in [2.75, 3.05) is 13.1 Å². The quantitative estimate of drug-likeness (QED) is 0.633. The lowest BCUT2D eigenvalue weighted by Crippen LogP contribution is -2.38. The number of aromatic amines is 1. The predicted octanol–water partition coefficient (Wildman–Crippen LogP) is 5.49. The molecule has 1 aromatic heterocycles. The summed E-state index contributed by atoms with van der Waals surface area (Å²) in [7, 11) is 0. The molecule has 0 bridgehead atoms. The highest BCUT2D eigenvalue weighted by Crippen LogP contribution is 2.30. The first-order chi connectivity index (χ1) is 12.1. The van der Waals surface area contributed by atoms with E-state index in [0.717, 1.165) is 41.9 Å². The van der Waals surface area contributed by atoms with Crippen LogP contribution in [0.15, 0.2) is 48.5 Å². The Balaban J connectivity index is 1.47. The van der Waals surface area contributed by atoms with Crippen molar-refractivity contribution < 1.29 is 4.79 Å². The number of aromatic nitrogens is 1. The van der Waals surface area contributed by atoms with E-state index < -0.39 is 0 Å². The van der Waals surface area contributed by atoms with Gasteiger partial charge in [0.25, 0.3) is 5.91 Å². The zero-order chi connectivity index (χ0) is 17.4. The van der Waals surface area contributed by atoms with Gasteiger partial charge < -0.3 is 9.88 Å². The topological polar surface area (TPSA) is 36.1 Å². The number of benzene rings is 2. The van der Waals surface area contributed by atoms with Crippen LogP contribution in [0.1, 0.15) is 34.8 Å². The van der Waals surface area contributed by atoms with Gasteiger partial charge in [-0.05, 0) is 60.7 Å². The Morgan fingerprint density at radius 1 is 1.00 bits per heavy atom. The molecule has 0 atom stereocenters. The zero-order valence-corrected chi connectivity index (χ0v) is 15.1. The molecular formula is C20H18Cl2N2O. The Labute approximate surface area is 156 Å². The standard InChI is InChI=1S/C20H18Cl2N2O/c21-16-3-1-2-14(10-16)13-6-8-24(9-7-13)20(25)19-12-15-11-17(22)4-5-18(15)23-19/h1-5,10-13,23H,6-9H2. The van der Waals surface area contributed by atoms with E-state index in [1.807, 2.05) is 47.4 Å². The van der Waals surface area contributed by atoms with Crippen molar-refractivity contribution >= 4 is 40.0 Å². The van der Waals surface area contributed by atoms with Crippen molar-refractivity contribution in [3.8, 4) is 0 Å². The molecule has 1 aliphatic rings. The number of likely N-dealkylation sites (tertiary alicyclic amines) is 1. The van der Waals surface area contributed by atoms with Gasteiger partial charge in [0.1, 0.15) is 5.69 Å². The lowest BCUT2D eigenvalue weighted by atomic mass is 9.89. The van der Waals surface area contributed by atoms with Crippen molar-refractivity contribution in [2.45, 2.75) is 18.8 Å². The maximum Gasteiger partial charge on any atom is 0.270 e. The van der Waals surface area contributed by atoms with Gasteiger partial charge in [0.05, 0.1) is 0 Å². The summed E-state index contributed by atoms with van der Waals surface area (Å²) in [4.78, 5) is 17.9. The van der Waals surface area contributed by atoms with E-state index in [1.165, 1.54) is 5.56 Å². The van der Waals surface area contributed by atoms with E-state index in [2.05, 4.69) is 11.1 Å². The van der Waals surface area contributed by atoms with Crippen molar-refractivity contribution in [1.29, 1.82) is 0 Å². The molecule has 0 spiro atoms. The molecule has 1 N–H and O–H groups in total. The van der Waals surface area contributed by atoms with Gasteiger partial charge in [0, 0.05) is 34.0 Å². The Hall–Kier alpha value is -1.97. The molecule has 2 heterocycles. The maximum atomic E-state index is 12.8. The molecule has 0 unspecified atom stereocenters. The Kier molecular flexibility index (Phi) is 4.45. The summed E-state index contributed by atoms with van der Waals surface area (Å²) in [6, 6.07) is 15.5. The summed E-state index contributed by atoms with van der Waals surface area (Å²) in [5.41, 5.74) is 2.82. The van der Waals surface area contributed by atoms with Gasteiger partial charge in [-0.15, -0.1) is 0 Å². The first-order valence-electron chi connectivity index (χ1n) is 8.43. The van der Waals surface area contributed by atoms with E-state index in [0.29, 0.717) is 16.6 Å². The normalized spacial score (nSPS) is 15.7. The minimum Gasteiger partial charge on any atom is -0.351 e. The van der Waals surface area contributed by atoms with Crippen molar-refractivity contribution in [2.24, 2.45) is 0 Å². The first-order valence-corrected chi connectivity index (χ1v) is 9.19. The summed E-state index contributed by atoms with van der Waals surface area (Å²) < 4.78 is 0. The van der Waals surface area contributed by atoms with Crippen molar-refractivity contribution in [1.82, 2.24) is 9.88 Å². The number of hydrogen-bond acceptors (Lipinski definition) is 1. The monoisotopic (exact) mass is 372 g/mol. The first kappa shape index (κ1) is 16.5. The van der Waals surface area contributed by atoms with E-state index >= 15 is 0 Å². The third kappa shape index (κ3) is 3.39. The highest BCUT2D eigenvalue weighted by molar-refractivity contribution is 6.31. The van der Waals surface area contributed by atoms with Gasteiger partial charge in [0.2, 0.25) is 0 Å². The van der Waals surface area contributed by atoms with Gasteiger partial charge in [-0.1, -0.05) is 35.3 Å². The molecule has 5 heteroatoms. The van der Waals surface area contributed by atoms with Gasteiger partial charge in [0.15, 0.2) is 0 Å². The number of halogens is 2. The average Bonchev–Trinajstić information content (AvgIpc) is 3.04. The highest BCUT2D eigenvalue weighted by atomic mass is 35.5. The number of piperidine rings is 1. The van der Waals surface area contributed by atoms with Gasteiger partial charge >= 0.3 is 0 Å². The van der Waals surface area contributed by atoms with Crippen LogP contribution in [-0.2, 0) is 0 Å². The minimum atomic E-state index is 0.0527. The number of rotatable bonds is 2. The van der Waals surface area contributed by atoms with Crippen LogP contribution in [0.25, 0.3) is 10.9 Å². The van der Waals surface area contributed by atoms with E-state index in [-0.39, 0.29) is 5.91 Å². The Morgan fingerprint density at radius 3 is 2.52 bits per heavy atom. The molecule has 1 saturated heterocycles. The molecule has 0 radical (unpaired) electrons. The number of carbonyl (C=O) groups is 1. The predicted molar refractivity (Wildman–Crippen MR) is 103 cm³/mol. The fourth-order valence-corrected chi connectivity index (χ4v) is 3.94. The smallest absolute Gasteiger partial charge is 0.270 e. The molecule has 0 saturated carbocycles. The van der Waals surface area contributed by atoms with E-state index in [9.17, 15) is 4.79 Å². The van der Waals surface area contributed by atoms with Crippen LogP contribution in [0.4, 0.5) is 0 Å². The molecular weight excluding hydrogens is 355 g/mol. The van der Waals surface area contributed by atoms with Crippen LogP contribution in [0.5, 0.6) is 0 Å². The van der Waals surface area contributed by atoms with Crippen LogP contribution < -0.4 is 0 Å². The lowest BCUT2D eigenvalue weighted by Gasteiger charge is -2.32. The summed E-state index contributed by atoms with van der Waals surface area (Å²) in [5, 5.41) is 2.41. The van der Waals surface area contributed by atoms with Crippen molar-refractivity contribution in [3.05, 3.63) is 69.8 Å². The molecule has 25 heavy (non-hydrogen) atoms.